The molecule has 4 N–H and O–H groups in total. The number of rotatable bonds is 4. The number of Topliss-reactive ketones (excluding diaryl/α,β-unsaturated/α-hetero) is 1. The first-order valence-electron chi connectivity index (χ1n) is 6.81. The first-order chi connectivity index (χ1) is 8.60. The predicted molar refractivity (Wildman–Crippen MR) is 67.1 cm³/mol. The fourth-order valence-corrected chi connectivity index (χ4v) is 3.21. The molecule has 1 aliphatic heterocycles. The first kappa shape index (κ1) is 13.5. The minimum absolute atomic E-state index is 0.108. The fraction of sp³-hybridized carbons (Fsp3) is 0.846. The molecule has 0 spiro atoms. The summed E-state index contributed by atoms with van der Waals surface area (Å²) in [6.45, 7) is 1.41. The van der Waals surface area contributed by atoms with Crippen LogP contribution in [0.3, 0.4) is 0 Å². The summed E-state index contributed by atoms with van der Waals surface area (Å²) in [6.07, 6.45) is 4.12. The molecule has 0 aromatic carbocycles. The lowest BCUT2D eigenvalue weighted by Crippen LogP contribution is -2.50. The van der Waals surface area contributed by atoms with Gasteiger partial charge in [-0.1, -0.05) is 0 Å². The third-order valence-electron chi connectivity index (χ3n) is 4.55. The van der Waals surface area contributed by atoms with Gasteiger partial charge in [-0.25, -0.2) is 0 Å². The Morgan fingerprint density at radius 3 is 2.39 bits per heavy atom. The number of aliphatic carboxylic acids is 1. The van der Waals surface area contributed by atoms with E-state index in [-0.39, 0.29) is 11.8 Å². The molecule has 5 nitrogen and oxygen atoms in total. The van der Waals surface area contributed by atoms with E-state index in [0.717, 1.165) is 32.2 Å². The zero-order valence-electron chi connectivity index (χ0n) is 10.7. The van der Waals surface area contributed by atoms with Crippen molar-refractivity contribution in [2.45, 2.75) is 44.6 Å². The maximum absolute atomic E-state index is 12.5. The maximum Gasteiger partial charge on any atom is 0.317 e. The first-order valence-corrected chi connectivity index (χ1v) is 6.81. The number of hydrogen-bond donors (Lipinski definition) is 3. The van der Waals surface area contributed by atoms with E-state index >= 15 is 0 Å². The average molecular weight is 254 g/mol. The predicted octanol–water partition coefficient (Wildman–Crippen LogP) is 0.527. The highest BCUT2D eigenvalue weighted by atomic mass is 16.4. The van der Waals surface area contributed by atoms with Gasteiger partial charge in [-0.05, 0) is 57.5 Å². The summed E-state index contributed by atoms with van der Waals surface area (Å²) in [6, 6.07) is -0.254. The van der Waals surface area contributed by atoms with Crippen LogP contribution < -0.4 is 11.1 Å². The van der Waals surface area contributed by atoms with Crippen LogP contribution in [0.4, 0.5) is 0 Å². The van der Waals surface area contributed by atoms with Gasteiger partial charge < -0.3 is 16.2 Å². The minimum Gasteiger partial charge on any atom is -0.480 e. The van der Waals surface area contributed by atoms with Crippen LogP contribution in [0.5, 0.6) is 0 Å². The maximum atomic E-state index is 12.5. The van der Waals surface area contributed by atoms with Crippen LogP contribution in [0.25, 0.3) is 0 Å². The van der Waals surface area contributed by atoms with Crippen LogP contribution in [-0.4, -0.2) is 36.0 Å². The molecule has 0 aromatic heterocycles. The van der Waals surface area contributed by atoms with Crippen LogP contribution in [0.15, 0.2) is 0 Å². The molecule has 102 valence electrons. The van der Waals surface area contributed by atoms with Crippen LogP contribution >= 0.6 is 0 Å². The van der Waals surface area contributed by atoms with Crippen molar-refractivity contribution in [3.8, 4) is 0 Å². The summed E-state index contributed by atoms with van der Waals surface area (Å²) in [4.78, 5) is 24.1. The SMILES string of the molecule is NCC1CCC(C(=O)O)(C(=O)[C@H]2CCCN2)CC1. The minimum atomic E-state index is -1.16. The van der Waals surface area contributed by atoms with Crippen molar-refractivity contribution in [1.82, 2.24) is 5.32 Å². The fourth-order valence-electron chi connectivity index (χ4n) is 3.21. The summed E-state index contributed by atoms with van der Waals surface area (Å²) < 4.78 is 0. The molecular formula is C13H22N2O3. The molecular weight excluding hydrogens is 232 g/mol. The Kier molecular flexibility index (Phi) is 4.02. The molecule has 1 heterocycles. The monoisotopic (exact) mass is 254 g/mol. The van der Waals surface area contributed by atoms with Crippen molar-refractivity contribution in [2.75, 3.05) is 13.1 Å². The van der Waals surface area contributed by atoms with Gasteiger partial charge in [0.15, 0.2) is 5.78 Å². The highest BCUT2D eigenvalue weighted by Crippen LogP contribution is 2.41. The van der Waals surface area contributed by atoms with Gasteiger partial charge >= 0.3 is 5.97 Å². The van der Waals surface area contributed by atoms with E-state index in [1.807, 2.05) is 0 Å². The van der Waals surface area contributed by atoms with E-state index in [1.165, 1.54) is 0 Å². The molecule has 0 bridgehead atoms. The molecule has 2 aliphatic rings. The summed E-state index contributed by atoms with van der Waals surface area (Å²) in [7, 11) is 0. The highest BCUT2D eigenvalue weighted by molar-refractivity contribution is 6.05. The largest absolute Gasteiger partial charge is 0.480 e. The van der Waals surface area contributed by atoms with Gasteiger partial charge in [0, 0.05) is 0 Å². The molecule has 1 aliphatic carbocycles. The van der Waals surface area contributed by atoms with Crippen molar-refractivity contribution < 1.29 is 14.7 Å². The number of nitrogens with one attached hydrogen (secondary N) is 1. The van der Waals surface area contributed by atoms with E-state index in [0.29, 0.717) is 25.3 Å². The van der Waals surface area contributed by atoms with Gasteiger partial charge in [0.1, 0.15) is 5.41 Å². The number of carboxylic acids is 1. The number of carbonyl (C=O) groups is 2. The van der Waals surface area contributed by atoms with Crippen molar-refractivity contribution >= 4 is 11.8 Å². The zero-order chi connectivity index (χ0) is 13.2. The van der Waals surface area contributed by atoms with Crippen LogP contribution in [0.2, 0.25) is 0 Å². The lowest BCUT2D eigenvalue weighted by atomic mass is 9.66. The number of nitrogens with two attached hydrogens (primary N) is 1. The van der Waals surface area contributed by atoms with Gasteiger partial charge in [0.2, 0.25) is 0 Å². The van der Waals surface area contributed by atoms with Crippen molar-refractivity contribution in [3.63, 3.8) is 0 Å². The smallest absolute Gasteiger partial charge is 0.317 e. The topological polar surface area (TPSA) is 92.4 Å². The standard InChI is InChI=1S/C13H22N2O3/c14-8-9-3-5-13(6-4-9,12(17)18)11(16)10-2-1-7-15-10/h9-10,15H,1-8,14H2,(H,17,18)/t9?,10-,13?/m1/s1. The molecule has 1 atom stereocenters. The quantitative estimate of drug-likeness (QED) is 0.636. The van der Waals surface area contributed by atoms with E-state index < -0.39 is 11.4 Å². The zero-order valence-corrected chi connectivity index (χ0v) is 10.7. The summed E-state index contributed by atoms with van der Waals surface area (Å²) in [5.74, 6) is -0.679. The molecule has 0 aromatic rings. The molecule has 0 unspecified atom stereocenters. The third kappa shape index (κ3) is 2.29. The molecule has 2 fully saturated rings. The summed E-state index contributed by atoms with van der Waals surface area (Å²) in [5.41, 5.74) is 4.46. The third-order valence-corrected chi connectivity index (χ3v) is 4.55. The summed E-state index contributed by atoms with van der Waals surface area (Å²) in [5, 5.41) is 12.6. The average Bonchev–Trinajstić information content (AvgIpc) is 2.91. The van der Waals surface area contributed by atoms with E-state index in [2.05, 4.69) is 5.32 Å². The van der Waals surface area contributed by atoms with Crippen LogP contribution in [0, 0.1) is 11.3 Å². The lowest BCUT2D eigenvalue weighted by molar-refractivity contribution is -0.158. The Morgan fingerprint density at radius 1 is 1.28 bits per heavy atom. The van der Waals surface area contributed by atoms with Gasteiger partial charge in [0.25, 0.3) is 0 Å². The summed E-state index contributed by atoms with van der Waals surface area (Å²) >= 11 is 0. The normalized spacial score (nSPS) is 36.5. The Morgan fingerprint density at radius 2 is 1.94 bits per heavy atom. The second kappa shape index (κ2) is 5.36. The Balaban J connectivity index is 2.12. The Bertz CT molecular complexity index is 329. The molecule has 5 heteroatoms. The Labute approximate surface area is 107 Å². The van der Waals surface area contributed by atoms with E-state index in [1.54, 1.807) is 0 Å². The number of carboxylic acid groups (broad SMARTS) is 1. The molecule has 18 heavy (non-hydrogen) atoms. The van der Waals surface area contributed by atoms with Gasteiger partial charge in [-0.3, -0.25) is 9.59 Å². The molecule has 1 saturated heterocycles. The number of hydrogen-bond acceptors (Lipinski definition) is 4. The molecule has 0 radical (unpaired) electrons. The molecule has 2 rings (SSSR count). The number of carbonyl (C=O) groups excluding carboxylic acids is 1. The van der Waals surface area contributed by atoms with Crippen molar-refractivity contribution in [1.29, 1.82) is 0 Å². The van der Waals surface area contributed by atoms with Crippen LogP contribution in [0.1, 0.15) is 38.5 Å². The van der Waals surface area contributed by atoms with E-state index in [4.69, 9.17) is 5.73 Å². The van der Waals surface area contributed by atoms with Gasteiger partial charge in [-0.2, -0.15) is 0 Å². The van der Waals surface area contributed by atoms with Crippen LogP contribution in [-0.2, 0) is 9.59 Å². The highest BCUT2D eigenvalue weighted by Gasteiger charge is 2.50. The number of ketones is 1. The Hall–Kier alpha value is -0.940. The molecule has 0 amide bonds. The van der Waals surface area contributed by atoms with Crippen molar-refractivity contribution in [3.05, 3.63) is 0 Å². The van der Waals surface area contributed by atoms with Gasteiger partial charge in [-0.15, -0.1) is 0 Å². The second-order valence-electron chi connectivity index (χ2n) is 5.58. The van der Waals surface area contributed by atoms with Gasteiger partial charge in [0.05, 0.1) is 6.04 Å². The second-order valence-corrected chi connectivity index (χ2v) is 5.58. The lowest BCUT2D eigenvalue weighted by Gasteiger charge is -2.36. The van der Waals surface area contributed by atoms with E-state index in [9.17, 15) is 14.7 Å². The molecule has 1 saturated carbocycles. The van der Waals surface area contributed by atoms with Crippen molar-refractivity contribution in [2.24, 2.45) is 17.1 Å².